The van der Waals surface area contributed by atoms with E-state index in [0.29, 0.717) is 21.8 Å². The second-order valence-corrected chi connectivity index (χ2v) is 14.0. The molecule has 0 bridgehead atoms. The number of rotatable bonds is 11. The van der Waals surface area contributed by atoms with Gasteiger partial charge in [-0.05, 0) is 105 Å². The van der Waals surface area contributed by atoms with Crippen LogP contribution in [0.5, 0.6) is 0 Å². The third-order valence-corrected chi connectivity index (χ3v) is 11.2. The van der Waals surface area contributed by atoms with E-state index in [2.05, 4.69) is 113 Å². The van der Waals surface area contributed by atoms with Gasteiger partial charge in [-0.25, -0.2) is 0 Å². The fraction of sp³-hybridized carbons (Fsp3) is 0.400. The van der Waals surface area contributed by atoms with Gasteiger partial charge in [-0.2, -0.15) is 0 Å². The SMILES string of the molecule is CC[S+](CC)Cc1ccc(N(c2ccc(C)cc2)c2ccc(C)c(C[S+](CC)CC)c2)cc1. The average molecular weight is 480 g/mol. The molecule has 33 heavy (non-hydrogen) atoms. The van der Waals surface area contributed by atoms with E-state index in [1.54, 1.807) is 0 Å². The minimum atomic E-state index is 0.458. The highest BCUT2D eigenvalue weighted by molar-refractivity contribution is 7.96. The van der Waals surface area contributed by atoms with Gasteiger partial charge < -0.3 is 4.90 Å². The summed E-state index contributed by atoms with van der Waals surface area (Å²) in [6.45, 7) is 13.7. The van der Waals surface area contributed by atoms with Crippen molar-refractivity contribution in [1.82, 2.24) is 0 Å². The van der Waals surface area contributed by atoms with Crippen molar-refractivity contribution < 1.29 is 0 Å². The van der Waals surface area contributed by atoms with Crippen molar-refractivity contribution in [2.75, 3.05) is 27.9 Å². The molecule has 176 valence electrons. The maximum Gasteiger partial charge on any atom is 0.133 e. The number of hydrogen-bond donors (Lipinski definition) is 0. The molecule has 0 saturated heterocycles. The highest BCUT2D eigenvalue weighted by Crippen LogP contribution is 2.36. The Morgan fingerprint density at radius 2 is 1.06 bits per heavy atom. The van der Waals surface area contributed by atoms with Crippen molar-refractivity contribution in [2.45, 2.75) is 53.0 Å². The maximum absolute atomic E-state index is 2.43. The Bertz CT molecular complexity index is 987. The Morgan fingerprint density at radius 1 is 0.576 bits per heavy atom. The topological polar surface area (TPSA) is 3.24 Å². The van der Waals surface area contributed by atoms with E-state index in [1.807, 2.05) is 0 Å². The summed E-state index contributed by atoms with van der Waals surface area (Å²) in [6, 6.07) is 25.2. The Balaban J connectivity index is 2.00. The second-order valence-electron chi connectivity index (χ2n) is 8.62. The summed E-state index contributed by atoms with van der Waals surface area (Å²) in [7, 11) is 0.950. The molecule has 1 nitrogen and oxygen atoms in total. The predicted octanol–water partition coefficient (Wildman–Crippen LogP) is 8.09. The zero-order chi connectivity index (χ0) is 23.8. The van der Waals surface area contributed by atoms with Crippen LogP contribution in [0.1, 0.15) is 49.9 Å². The second kappa shape index (κ2) is 12.6. The lowest BCUT2D eigenvalue weighted by atomic mass is 10.1. The van der Waals surface area contributed by atoms with E-state index >= 15 is 0 Å². The molecular weight excluding hydrogens is 438 g/mol. The standard InChI is InChI=1S/C30H41NS2/c1-7-32(8-2)22-26-14-19-29(20-15-26)31(28-16-11-24(5)12-17-28)30-18-13-25(6)27(21-30)23-33(9-3)10-4/h11-21H,7-10,22-23H2,1-6H3/q+2. The van der Waals surface area contributed by atoms with Crippen LogP contribution in [-0.2, 0) is 33.3 Å². The first-order valence-corrected chi connectivity index (χ1v) is 15.8. The van der Waals surface area contributed by atoms with Crippen LogP contribution in [0.25, 0.3) is 0 Å². The molecule has 0 heterocycles. The number of benzene rings is 3. The van der Waals surface area contributed by atoms with Gasteiger partial charge in [-0.1, -0.05) is 35.9 Å². The first-order valence-electron chi connectivity index (χ1n) is 12.3. The Kier molecular flexibility index (Phi) is 9.82. The molecule has 0 unspecified atom stereocenters. The Morgan fingerprint density at radius 3 is 1.61 bits per heavy atom. The van der Waals surface area contributed by atoms with E-state index in [-0.39, 0.29) is 0 Å². The average Bonchev–Trinajstić information content (AvgIpc) is 2.84. The summed E-state index contributed by atoms with van der Waals surface area (Å²) in [5, 5.41) is 0. The molecule has 3 heteroatoms. The molecule has 0 radical (unpaired) electrons. The molecule has 0 saturated carbocycles. The highest BCUT2D eigenvalue weighted by Gasteiger charge is 2.19. The molecule has 3 aromatic rings. The van der Waals surface area contributed by atoms with E-state index < -0.39 is 0 Å². The summed E-state index contributed by atoms with van der Waals surface area (Å²) < 4.78 is 0. The number of anilines is 3. The van der Waals surface area contributed by atoms with Crippen LogP contribution in [0.3, 0.4) is 0 Å². The minimum absolute atomic E-state index is 0.458. The fourth-order valence-electron chi connectivity index (χ4n) is 4.11. The minimum Gasteiger partial charge on any atom is -0.310 e. The number of nitrogens with zero attached hydrogens (tertiary/aromatic N) is 1. The summed E-state index contributed by atoms with van der Waals surface area (Å²) in [5.41, 5.74) is 9.34. The molecule has 0 aliphatic carbocycles. The van der Waals surface area contributed by atoms with Gasteiger partial charge in [0.15, 0.2) is 0 Å². The monoisotopic (exact) mass is 479 g/mol. The molecule has 0 aliphatic heterocycles. The summed E-state index contributed by atoms with van der Waals surface area (Å²) in [6.07, 6.45) is 0. The Labute approximate surface area is 208 Å². The lowest BCUT2D eigenvalue weighted by molar-refractivity contribution is 1.22. The number of aryl methyl sites for hydroxylation is 2. The van der Waals surface area contributed by atoms with Crippen molar-refractivity contribution in [2.24, 2.45) is 0 Å². The molecular formula is C30H41NS2+2. The van der Waals surface area contributed by atoms with E-state index in [0.717, 1.165) is 0 Å². The van der Waals surface area contributed by atoms with Crippen molar-refractivity contribution in [3.8, 4) is 0 Å². The van der Waals surface area contributed by atoms with Crippen LogP contribution >= 0.6 is 0 Å². The van der Waals surface area contributed by atoms with E-state index in [9.17, 15) is 0 Å². The smallest absolute Gasteiger partial charge is 0.133 e. The zero-order valence-electron chi connectivity index (χ0n) is 21.4. The molecule has 0 aliphatic rings. The van der Waals surface area contributed by atoms with Gasteiger partial charge in [0, 0.05) is 28.2 Å². The largest absolute Gasteiger partial charge is 0.310 e. The van der Waals surface area contributed by atoms with Crippen LogP contribution in [0.2, 0.25) is 0 Å². The fourth-order valence-corrected chi connectivity index (χ4v) is 7.15. The predicted molar refractivity (Wildman–Crippen MR) is 155 cm³/mol. The van der Waals surface area contributed by atoms with Crippen LogP contribution in [0.15, 0.2) is 66.7 Å². The van der Waals surface area contributed by atoms with Crippen molar-refractivity contribution in [3.63, 3.8) is 0 Å². The zero-order valence-corrected chi connectivity index (χ0v) is 23.0. The molecule has 0 amide bonds. The molecule has 0 N–H and O–H groups in total. The van der Waals surface area contributed by atoms with Gasteiger partial charge in [0.25, 0.3) is 0 Å². The van der Waals surface area contributed by atoms with Gasteiger partial charge >= 0.3 is 0 Å². The van der Waals surface area contributed by atoms with Gasteiger partial charge in [0.1, 0.15) is 34.5 Å². The first kappa shape index (κ1) is 25.8. The van der Waals surface area contributed by atoms with Gasteiger partial charge in [-0.15, -0.1) is 0 Å². The highest BCUT2D eigenvalue weighted by atomic mass is 32.2. The van der Waals surface area contributed by atoms with E-state index in [4.69, 9.17) is 0 Å². The molecule has 0 fully saturated rings. The molecule has 3 rings (SSSR count). The molecule has 0 atom stereocenters. The van der Waals surface area contributed by atoms with Crippen LogP contribution in [0, 0.1) is 13.8 Å². The summed E-state index contributed by atoms with van der Waals surface area (Å²) >= 11 is 0. The quantitative estimate of drug-likeness (QED) is 0.251. The molecule has 3 aromatic carbocycles. The first-order chi connectivity index (χ1) is 16.0. The van der Waals surface area contributed by atoms with Crippen LogP contribution < -0.4 is 4.90 Å². The third kappa shape index (κ3) is 6.83. The van der Waals surface area contributed by atoms with Gasteiger partial charge in [-0.3, -0.25) is 0 Å². The molecule has 0 aromatic heterocycles. The Hall–Kier alpha value is -1.84. The molecule has 0 spiro atoms. The van der Waals surface area contributed by atoms with Crippen LogP contribution in [0.4, 0.5) is 17.1 Å². The number of hydrogen-bond acceptors (Lipinski definition) is 1. The van der Waals surface area contributed by atoms with Gasteiger partial charge in [0.05, 0.1) is 0 Å². The summed E-state index contributed by atoms with van der Waals surface area (Å²) in [4.78, 5) is 2.42. The van der Waals surface area contributed by atoms with Crippen LogP contribution in [-0.4, -0.2) is 23.0 Å². The normalized spacial score (nSPS) is 11.4. The third-order valence-electron chi connectivity index (χ3n) is 6.44. The van der Waals surface area contributed by atoms with Crippen molar-refractivity contribution in [3.05, 3.63) is 89.0 Å². The maximum atomic E-state index is 2.43. The summed E-state index contributed by atoms with van der Waals surface area (Å²) in [5.74, 6) is 7.46. The lowest BCUT2D eigenvalue weighted by Gasteiger charge is -2.26. The van der Waals surface area contributed by atoms with Crippen molar-refractivity contribution in [1.29, 1.82) is 0 Å². The van der Waals surface area contributed by atoms with Gasteiger partial charge in [0.2, 0.25) is 0 Å². The lowest BCUT2D eigenvalue weighted by Crippen LogP contribution is -2.14. The van der Waals surface area contributed by atoms with Crippen molar-refractivity contribution >= 4 is 38.9 Å². The van der Waals surface area contributed by atoms with E-state index in [1.165, 1.54) is 73.8 Å².